The van der Waals surface area contributed by atoms with Crippen LogP contribution in [0, 0.1) is 0 Å². The molecule has 0 aliphatic rings. The van der Waals surface area contributed by atoms with Crippen LogP contribution in [0.1, 0.15) is 12.2 Å². The highest BCUT2D eigenvalue weighted by atomic mass is 16.1. The predicted octanol–water partition coefficient (Wildman–Crippen LogP) is -0.0597. The van der Waals surface area contributed by atoms with Gasteiger partial charge in [-0.3, -0.25) is 9.89 Å². The molecule has 0 aromatic carbocycles. The highest BCUT2D eigenvalue weighted by Gasteiger charge is 2.07. The van der Waals surface area contributed by atoms with E-state index in [2.05, 4.69) is 30.5 Å². The molecule has 2 aromatic heterocycles. The van der Waals surface area contributed by atoms with Gasteiger partial charge in [-0.1, -0.05) is 0 Å². The van der Waals surface area contributed by atoms with Gasteiger partial charge in [0.15, 0.2) is 5.82 Å². The molecule has 0 spiro atoms. The van der Waals surface area contributed by atoms with Crippen molar-refractivity contribution >= 4 is 5.91 Å². The molecule has 0 bridgehead atoms. The van der Waals surface area contributed by atoms with E-state index in [9.17, 15) is 4.79 Å². The normalized spacial score (nSPS) is 10.2. The van der Waals surface area contributed by atoms with Crippen LogP contribution in [0.15, 0.2) is 18.6 Å². The van der Waals surface area contributed by atoms with Gasteiger partial charge in [-0.25, -0.2) is 15.0 Å². The molecule has 0 atom stereocenters. The summed E-state index contributed by atoms with van der Waals surface area (Å²) >= 11 is 0. The van der Waals surface area contributed by atoms with Crippen molar-refractivity contribution in [3.05, 3.63) is 24.4 Å². The second-order valence-electron chi connectivity index (χ2n) is 3.37. The van der Waals surface area contributed by atoms with Gasteiger partial charge in [0.2, 0.25) is 5.91 Å². The number of carbonyl (C=O) groups excluding carboxylic acids is 1. The van der Waals surface area contributed by atoms with Crippen molar-refractivity contribution in [1.82, 2.24) is 30.5 Å². The molecule has 2 rings (SSSR count). The first kappa shape index (κ1) is 11.2. The lowest BCUT2D eigenvalue weighted by molar-refractivity contribution is -0.120. The number of aryl methyl sites for hydroxylation is 1. The smallest absolute Gasteiger partial charge is 0.220 e. The molecule has 2 N–H and O–H groups in total. The van der Waals surface area contributed by atoms with Crippen molar-refractivity contribution in [1.29, 1.82) is 0 Å². The van der Waals surface area contributed by atoms with Gasteiger partial charge in [-0.15, -0.1) is 0 Å². The molecule has 0 radical (unpaired) electrons. The Balaban J connectivity index is 2.04. The summed E-state index contributed by atoms with van der Waals surface area (Å²) in [5.41, 5.74) is 0.655. The van der Waals surface area contributed by atoms with Crippen molar-refractivity contribution in [3.63, 3.8) is 0 Å². The van der Waals surface area contributed by atoms with Gasteiger partial charge < -0.3 is 5.32 Å². The van der Waals surface area contributed by atoms with Crippen molar-refractivity contribution in [2.24, 2.45) is 0 Å². The molecule has 2 heterocycles. The molecule has 0 unspecified atom stereocenters. The Hall–Kier alpha value is -2.31. The van der Waals surface area contributed by atoms with Gasteiger partial charge in [0, 0.05) is 26.1 Å². The van der Waals surface area contributed by atoms with E-state index in [0.717, 1.165) is 0 Å². The van der Waals surface area contributed by atoms with Crippen LogP contribution >= 0.6 is 0 Å². The summed E-state index contributed by atoms with van der Waals surface area (Å²) in [6.45, 7) is 0. The Morgan fingerprint density at radius 2 is 2.41 bits per heavy atom. The Morgan fingerprint density at radius 3 is 3.12 bits per heavy atom. The highest BCUT2D eigenvalue weighted by Crippen LogP contribution is 2.09. The summed E-state index contributed by atoms with van der Waals surface area (Å²) in [6, 6.07) is 1.73. The maximum atomic E-state index is 11.1. The van der Waals surface area contributed by atoms with Crippen LogP contribution in [-0.4, -0.2) is 38.1 Å². The Bertz CT molecular complexity index is 495. The zero-order valence-corrected chi connectivity index (χ0v) is 9.34. The minimum Gasteiger partial charge on any atom is -0.359 e. The van der Waals surface area contributed by atoms with Crippen LogP contribution in [0.4, 0.5) is 0 Å². The van der Waals surface area contributed by atoms with E-state index in [-0.39, 0.29) is 5.91 Å². The number of nitrogens with zero attached hydrogens (tertiary/aromatic N) is 4. The third kappa shape index (κ3) is 2.83. The molecule has 0 saturated heterocycles. The monoisotopic (exact) mass is 232 g/mol. The molecule has 17 heavy (non-hydrogen) atoms. The number of aromatic amines is 1. The van der Waals surface area contributed by atoms with E-state index in [1.54, 1.807) is 19.3 Å². The fraction of sp³-hybridized carbons (Fsp3) is 0.300. The predicted molar refractivity (Wildman–Crippen MR) is 59.8 cm³/mol. The van der Waals surface area contributed by atoms with Crippen LogP contribution in [0.3, 0.4) is 0 Å². The minimum absolute atomic E-state index is 0.0232. The fourth-order valence-corrected chi connectivity index (χ4v) is 1.30. The van der Waals surface area contributed by atoms with E-state index < -0.39 is 0 Å². The van der Waals surface area contributed by atoms with Crippen molar-refractivity contribution in [3.8, 4) is 11.5 Å². The average Bonchev–Trinajstić information content (AvgIpc) is 2.86. The molecule has 0 aliphatic carbocycles. The summed E-state index contributed by atoms with van der Waals surface area (Å²) < 4.78 is 0. The maximum absolute atomic E-state index is 11.1. The Kier molecular flexibility index (Phi) is 3.39. The molecule has 88 valence electrons. The number of hydrogen-bond donors (Lipinski definition) is 2. The largest absolute Gasteiger partial charge is 0.359 e. The molecule has 2 aromatic rings. The summed E-state index contributed by atoms with van der Waals surface area (Å²) in [6.07, 6.45) is 3.98. The first-order valence-corrected chi connectivity index (χ1v) is 5.18. The molecule has 0 fully saturated rings. The number of H-pyrrole nitrogens is 1. The van der Waals surface area contributed by atoms with E-state index >= 15 is 0 Å². The lowest BCUT2D eigenvalue weighted by Crippen LogP contribution is -2.18. The third-order valence-electron chi connectivity index (χ3n) is 2.21. The SMILES string of the molecule is CNC(=O)CCc1nc(-c2ccncn2)n[nH]1. The Labute approximate surface area is 97.7 Å². The lowest BCUT2D eigenvalue weighted by Gasteiger charge is -1.95. The zero-order chi connectivity index (χ0) is 12.1. The van der Waals surface area contributed by atoms with Crippen LogP contribution in [0.2, 0.25) is 0 Å². The van der Waals surface area contributed by atoms with E-state index in [4.69, 9.17) is 0 Å². The number of carbonyl (C=O) groups is 1. The number of nitrogens with one attached hydrogen (secondary N) is 2. The standard InChI is InChI=1S/C10H12N6O/c1-11-9(17)3-2-8-14-10(16-15-8)7-4-5-12-6-13-7/h4-6H,2-3H2,1H3,(H,11,17)(H,14,15,16). The number of amides is 1. The third-order valence-corrected chi connectivity index (χ3v) is 2.21. The molecular weight excluding hydrogens is 220 g/mol. The minimum atomic E-state index is -0.0232. The molecule has 7 nitrogen and oxygen atoms in total. The van der Waals surface area contributed by atoms with Gasteiger partial charge in [0.25, 0.3) is 0 Å². The van der Waals surface area contributed by atoms with Crippen LogP contribution in [0.5, 0.6) is 0 Å². The van der Waals surface area contributed by atoms with E-state index in [1.807, 2.05) is 0 Å². The molecule has 1 amide bonds. The van der Waals surface area contributed by atoms with E-state index in [1.165, 1.54) is 6.33 Å². The quantitative estimate of drug-likeness (QED) is 0.769. The van der Waals surface area contributed by atoms with Crippen LogP contribution in [0.25, 0.3) is 11.5 Å². The summed E-state index contributed by atoms with van der Waals surface area (Å²) in [5.74, 6) is 1.16. The first-order valence-electron chi connectivity index (χ1n) is 5.18. The topological polar surface area (TPSA) is 96.5 Å². The Morgan fingerprint density at radius 1 is 1.53 bits per heavy atom. The number of hydrogen-bond acceptors (Lipinski definition) is 5. The van der Waals surface area contributed by atoms with Crippen LogP contribution < -0.4 is 5.32 Å². The van der Waals surface area contributed by atoms with E-state index in [0.29, 0.717) is 30.2 Å². The fourth-order valence-electron chi connectivity index (χ4n) is 1.30. The second kappa shape index (κ2) is 5.15. The van der Waals surface area contributed by atoms with Crippen LogP contribution in [-0.2, 0) is 11.2 Å². The van der Waals surface area contributed by atoms with Gasteiger partial charge in [0.05, 0.1) is 0 Å². The zero-order valence-electron chi connectivity index (χ0n) is 9.34. The summed E-state index contributed by atoms with van der Waals surface area (Å²) in [7, 11) is 1.61. The maximum Gasteiger partial charge on any atom is 0.220 e. The van der Waals surface area contributed by atoms with Crippen molar-refractivity contribution < 1.29 is 4.79 Å². The lowest BCUT2D eigenvalue weighted by atomic mass is 10.3. The number of rotatable bonds is 4. The van der Waals surface area contributed by atoms with Gasteiger partial charge in [0.1, 0.15) is 17.8 Å². The van der Waals surface area contributed by atoms with Crippen molar-refractivity contribution in [2.75, 3.05) is 7.05 Å². The molecular formula is C10H12N6O. The average molecular weight is 232 g/mol. The molecule has 0 saturated carbocycles. The molecule has 0 aliphatic heterocycles. The highest BCUT2D eigenvalue weighted by molar-refractivity contribution is 5.75. The number of aromatic nitrogens is 5. The summed E-state index contributed by atoms with van der Waals surface area (Å²) in [4.78, 5) is 23.2. The first-order chi connectivity index (χ1) is 8.29. The summed E-state index contributed by atoms with van der Waals surface area (Å²) in [5, 5.41) is 9.37. The molecule has 7 heteroatoms. The van der Waals surface area contributed by atoms with Gasteiger partial charge in [-0.05, 0) is 6.07 Å². The van der Waals surface area contributed by atoms with Gasteiger partial charge >= 0.3 is 0 Å². The van der Waals surface area contributed by atoms with Gasteiger partial charge in [-0.2, -0.15) is 5.10 Å². The van der Waals surface area contributed by atoms with Crippen molar-refractivity contribution in [2.45, 2.75) is 12.8 Å². The second-order valence-corrected chi connectivity index (χ2v) is 3.37.